The maximum atomic E-state index is 10.0. The second kappa shape index (κ2) is 6.59. The molecule has 1 aromatic heterocycles. The minimum Gasteiger partial charge on any atom is -0.487 e. The molecule has 0 fully saturated rings. The SMILES string of the molecule is CC(C)(C)C(O)COc1ccccc1Oc1ccccn1. The number of pyridine rings is 1. The van der Waals surface area contributed by atoms with Crippen LogP contribution in [0.15, 0.2) is 48.7 Å². The van der Waals surface area contributed by atoms with E-state index in [2.05, 4.69) is 4.98 Å². The Morgan fingerprint density at radius 1 is 1.05 bits per heavy atom. The largest absolute Gasteiger partial charge is 0.487 e. The highest BCUT2D eigenvalue weighted by molar-refractivity contribution is 5.41. The number of nitrogens with zero attached hydrogens (tertiary/aromatic N) is 1. The molecule has 0 aliphatic carbocycles. The molecule has 1 unspecified atom stereocenters. The van der Waals surface area contributed by atoms with Crippen molar-refractivity contribution in [1.82, 2.24) is 4.98 Å². The molecule has 1 N–H and O–H groups in total. The molecule has 2 rings (SSSR count). The van der Waals surface area contributed by atoms with Gasteiger partial charge in [-0.25, -0.2) is 4.98 Å². The van der Waals surface area contributed by atoms with Gasteiger partial charge in [-0.1, -0.05) is 39.0 Å². The summed E-state index contributed by atoms with van der Waals surface area (Å²) >= 11 is 0. The van der Waals surface area contributed by atoms with Crippen LogP contribution in [0.4, 0.5) is 0 Å². The maximum Gasteiger partial charge on any atom is 0.219 e. The molecule has 0 aliphatic rings. The van der Waals surface area contributed by atoms with Crippen molar-refractivity contribution >= 4 is 0 Å². The van der Waals surface area contributed by atoms with Crippen molar-refractivity contribution in [3.8, 4) is 17.4 Å². The van der Waals surface area contributed by atoms with E-state index in [0.717, 1.165) is 0 Å². The van der Waals surface area contributed by atoms with Crippen LogP contribution in [0.5, 0.6) is 17.4 Å². The zero-order valence-electron chi connectivity index (χ0n) is 12.6. The van der Waals surface area contributed by atoms with E-state index in [9.17, 15) is 5.11 Å². The average molecular weight is 287 g/mol. The highest BCUT2D eigenvalue weighted by Gasteiger charge is 2.23. The van der Waals surface area contributed by atoms with E-state index in [0.29, 0.717) is 17.4 Å². The predicted octanol–water partition coefficient (Wildman–Crippen LogP) is 3.66. The number of hydrogen-bond acceptors (Lipinski definition) is 4. The van der Waals surface area contributed by atoms with Gasteiger partial charge in [-0.3, -0.25) is 0 Å². The van der Waals surface area contributed by atoms with Crippen LogP contribution in [0.3, 0.4) is 0 Å². The lowest BCUT2D eigenvalue weighted by molar-refractivity contribution is 0.0212. The van der Waals surface area contributed by atoms with Gasteiger partial charge in [-0.05, 0) is 23.6 Å². The zero-order chi connectivity index (χ0) is 15.3. The Labute approximate surface area is 125 Å². The van der Waals surface area contributed by atoms with Crippen molar-refractivity contribution in [3.63, 3.8) is 0 Å². The fourth-order valence-electron chi connectivity index (χ4n) is 1.59. The van der Waals surface area contributed by atoms with Crippen LogP contribution in [-0.2, 0) is 0 Å². The van der Waals surface area contributed by atoms with Gasteiger partial charge < -0.3 is 14.6 Å². The molecule has 0 saturated carbocycles. The molecule has 0 spiro atoms. The molecular formula is C17H21NO3. The summed E-state index contributed by atoms with van der Waals surface area (Å²) in [6.07, 6.45) is 1.11. The Balaban J connectivity index is 2.07. The van der Waals surface area contributed by atoms with Crippen molar-refractivity contribution in [3.05, 3.63) is 48.7 Å². The number of rotatable bonds is 5. The highest BCUT2D eigenvalue weighted by atomic mass is 16.5. The minimum atomic E-state index is -0.555. The monoisotopic (exact) mass is 287 g/mol. The summed E-state index contributed by atoms with van der Waals surface area (Å²) in [5.74, 6) is 1.67. The quantitative estimate of drug-likeness (QED) is 0.911. The fraction of sp³-hybridized carbons (Fsp3) is 0.353. The van der Waals surface area contributed by atoms with Gasteiger partial charge in [0.25, 0.3) is 0 Å². The molecule has 1 aromatic carbocycles. The molecule has 0 aliphatic heterocycles. The molecule has 0 radical (unpaired) electrons. The number of aliphatic hydroxyl groups excluding tert-OH is 1. The number of aliphatic hydroxyl groups is 1. The lowest BCUT2D eigenvalue weighted by atomic mass is 9.90. The topological polar surface area (TPSA) is 51.6 Å². The first-order valence-corrected chi connectivity index (χ1v) is 6.95. The normalized spacial score (nSPS) is 12.8. The molecule has 0 amide bonds. The number of ether oxygens (including phenoxy) is 2. The van der Waals surface area contributed by atoms with Gasteiger partial charge in [0.1, 0.15) is 6.61 Å². The molecule has 2 aromatic rings. The molecule has 4 heteroatoms. The lowest BCUT2D eigenvalue weighted by Gasteiger charge is -2.26. The van der Waals surface area contributed by atoms with Gasteiger partial charge >= 0.3 is 0 Å². The van der Waals surface area contributed by atoms with Crippen LogP contribution in [0.25, 0.3) is 0 Å². The van der Waals surface area contributed by atoms with Crippen molar-refractivity contribution in [2.45, 2.75) is 26.9 Å². The van der Waals surface area contributed by atoms with Gasteiger partial charge in [-0.15, -0.1) is 0 Å². The first-order valence-electron chi connectivity index (χ1n) is 6.95. The summed E-state index contributed by atoms with van der Waals surface area (Å²) in [6, 6.07) is 12.8. The number of hydrogen-bond donors (Lipinski definition) is 1. The van der Waals surface area contributed by atoms with Crippen LogP contribution in [0, 0.1) is 5.41 Å². The van der Waals surface area contributed by atoms with Gasteiger partial charge in [0.15, 0.2) is 11.5 Å². The summed E-state index contributed by atoms with van der Waals surface area (Å²) in [6.45, 7) is 6.12. The third kappa shape index (κ3) is 4.46. The molecule has 112 valence electrons. The van der Waals surface area contributed by atoms with Crippen molar-refractivity contribution in [2.24, 2.45) is 5.41 Å². The molecule has 0 saturated heterocycles. The highest BCUT2D eigenvalue weighted by Crippen LogP contribution is 2.31. The van der Waals surface area contributed by atoms with Gasteiger partial charge in [-0.2, -0.15) is 0 Å². The third-order valence-corrected chi connectivity index (χ3v) is 3.10. The summed E-state index contributed by atoms with van der Waals surface area (Å²) in [5, 5.41) is 10.0. The van der Waals surface area contributed by atoms with E-state index in [1.165, 1.54) is 0 Å². The van der Waals surface area contributed by atoms with E-state index >= 15 is 0 Å². The molecular weight excluding hydrogens is 266 g/mol. The van der Waals surface area contributed by atoms with Crippen molar-refractivity contribution in [2.75, 3.05) is 6.61 Å². The van der Waals surface area contributed by atoms with E-state index in [1.54, 1.807) is 12.3 Å². The van der Waals surface area contributed by atoms with Crippen LogP contribution in [0.2, 0.25) is 0 Å². The minimum absolute atomic E-state index is 0.214. The predicted molar refractivity (Wildman–Crippen MR) is 81.7 cm³/mol. The second-order valence-corrected chi connectivity index (χ2v) is 5.91. The summed E-state index contributed by atoms with van der Waals surface area (Å²) in [7, 11) is 0. The second-order valence-electron chi connectivity index (χ2n) is 5.91. The van der Waals surface area contributed by atoms with Crippen LogP contribution in [-0.4, -0.2) is 22.8 Å². The number of aromatic nitrogens is 1. The Bertz CT molecular complexity index is 564. The maximum absolute atomic E-state index is 10.0. The summed E-state index contributed by atoms with van der Waals surface area (Å²) in [5.41, 5.74) is -0.225. The first kappa shape index (κ1) is 15.3. The van der Waals surface area contributed by atoms with Gasteiger partial charge in [0.2, 0.25) is 5.88 Å². The molecule has 4 nitrogen and oxygen atoms in total. The van der Waals surface area contributed by atoms with Crippen LogP contribution >= 0.6 is 0 Å². The molecule has 21 heavy (non-hydrogen) atoms. The average Bonchev–Trinajstić information content (AvgIpc) is 2.46. The molecule has 1 atom stereocenters. The van der Waals surface area contributed by atoms with E-state index in [4.69, 9.17) is 9.47 Å². The van der Waals surface area contributed by atoms with Gasteiger partial charge in [0, 0.05) is 12.3 Å². The number of benzene rings is 1. The lowest BCUT2D eigenvalue weighted by Crippen LogP contribution is -2.31. The van der Waals surface area contributed by atoms with Crippen LogP contribution < -0.4 is 9.47 Å². The first-order chi connectivity index (χ1) is 9.97. The summed E-state index contributed by atoms with van der Waals surface area (Å²) in [4.78, 5) is 4.12. The fourth-order valence-corrected chi connectivity index (χ4v) is 1.59. The third-order valence-electron chi connectivity index (χ3n) is 3.10. The van der Waals surface area contributed by atoms with Crippen LogP contribution in [0.1, 0.15) is 20.8 Å². The summed E-state index contributed by atoms with van der Waals surface area (Å²) < 4.78 is 11.4. The Morgan fingerprint density at radius 2 is 1.71 bits per heavy atom. The molecule has 0 bridgehead atoms. The standard InChI is InChI=1S/C17H21NO3/c1-17(2,3)15(19)12-20-13-8-4-5-9-14(13)21-16-10-6-7-11-18-16/h4-11,15,19H,12H2,1-3H3. The number of para-hydroxylation sites is 2. The molecule has 1 heterocycles. The Kier molecular flexibility index (Phi) is 4.81. The Hall–Kier alpha value is -2.07. The Morgan fingerprint density at radius 3 is 2.33 bits per heavy atom. The van der Waals surface area contributed by atoms with E-state index in [-0.39, 0.29) is 12.0 Å². The smallest absolute Gasteiger partial charge is 0.219 e. The van der Waals surface area contributed by atoms with Crippen molar-refractivity contribution in [1.29, 1.82) is 0 Å². The zero-order valence-corrected chi connectivity index (χ0v) is 12.6. The van der Waals surface area contributed by atoms with E-state index < -0.39 is 6.10 Å². The van der Waals surface area contributed by atoms with Gasteiger partial charge in [0.05, 0.1) is 6.10 Å². The van der Waals surface area contributed by atoms with E-state index in [1.807, 2.05) is 57.2 Å². The van der Waals surface area contributed by atoms with Crippen molar-refractivity contribution < 1.29 is 14.6 Å².